The number of aryl methyl sites for hydroxylation is 1. The molecule has 180 valence electrons. The molecule has 9 nitrogen and oxygen atoms in total. The first-order chi connectivity index (χ1) is 16.6. The number of benzene rings is 1. The number of carboxylic acids is 1. The quantitative estimate of drug-likeness (QED) is 0.356. The lowest BCUT2D eigenvalue weighted by atomic mass is 10.1. The molecule has 0 aliphatic rings. The molecule has 0 aliphatic heterocycles. The summed E-state index contributed by atoms with van der Waals surface area (Å²) in [5.41, 5.74) is 1.38. The van der Waals surface area contributed by atoms with Gasteiger partial charge in [-0.3, -0.25) is 0 Å². The minimum atomic E-state index is -4.49. The summed E-state index contributed by atoms with van der Waals surface area (Å²) >= 11 is 0. The number of carbonyl (C=O) groups is 1. The molecular weight excluding hydrogens is 465 g/mol. The van der Waals surface area contributed by atoms with Crippen LogP contribution in [-0.2, 0) is 12.7 Å². The second-order valence-corrected chi connectivity index (χ2v) is 7.74. The number of carboxylic acid groups (broad SMARTS) is 1. The van der Waals surface area contributed by atoms with E-state index < -0.39 is 23.8 Å². The Balaban J connectivity index is 1.50. The summed E-state index contributed by atoms with van der Waals surface area (Å²) in [5, 5.41) is 30.3. The average Bonchev–Trinajstić information content (AvgIpc) is 3.27. The van der Waals surface area contributed by atoms with Gasteiger partial charge >= 0.3 is 12.1 Å². The summed E-state index contributed by atoms with van der Waals surface area (Å²) in [7, 11) is 0. The number of aliphatic hydroxyl groups is 1. The molecule has 1 atom stereocenters. The molecule has 1 unspecified atom stereocenters. The Morgan fingerprint density at radius 3 is 2.51 bits per heavy atom. The van der Waals surface area contributed by atoms with E-state index in [4.69, 9.17) is 5.11 Å². The lowest BCUT2D eigenvalue weighted by Crippen LogP contribution is -2.09. The number of aromatic carboxylic acids is 1. The number of hydrogen-bond acceptors (Lipinski definition) is 7. The van der Waals surface area contributed by atoms with Crippen LogP contribution in [0.15, 0.2) is 60.9 Å². The highest BCUT2D eigenvalue weighted by Gasteiger charge is 2.30. The van der Waals surface area contributed by atoms with E-state index in [1.54, 1.807) is 25.3 Å². The highest BCUT2D eigenvalue weighted by atomic mass is 19.4. The van der Waals surface area contributed by atoms with Crippen LogP contribution in [0.2, 0.25) is 0 Å². The van der Waals surface area contributed by atoms with Gasteiger partial charge in [0.1, 0.15) is 17.3 Å². The molecule has 0 aliphatic carbocycles. The van der Waals surface area contributed by atoms with Crippen molar-refractivity contribution in [3.8, 4) is 11.4 Å². The number of rotatable bonds is 7. The summed E-state index contributed by atoms with van der Waals surface area (Å²) in [6, 6.07) is 11.0. The smallest absolute Gasteiger partial charge is 0.416 e. The Kier molecular flexibility index (Phi) is 6.47. The van der Waals surface area contributed by atoms with Crippen molar-refractivity contribution < 1.29 is 28.2 Å². The van der Waals surface area contributed by atoms with Gasteiger partial charge in [0.25, 0.3) is 0 Å². The van der Waals surface area contributed by atoms with Crippen LogP contribution in [0, 0.1) is 6.92 Å². The second kappa shape index (κ2) is 9.50. The fraction of sp³-hybridized carbons (Fsp3) is 0.174. The lowest BCUT2D eigenvalue weighted by molar-refractivity contribution is -0.137. The van der Waals surface area contributed by atoms with Crippen LogP contribution in [0.25, 0.3) is 11.4 Å². The van der Waals surface area contributed by atoms with E-state index in [1.165, 1.54) is 28.9 Å². The van der Waals surface area contributed by atoms with Crippen LogP contribution in [0.3, 0.4) is 0 Å². The predicted molar refractivity (Wildman–Crippen MR) is 119 cm³/mol. The maximum atomic E-state index is 13.0. The number of nitrogens with zero attached hydrogens (tertiary/aromatic N) is 5. The van der Waals surface area contributed by atoms with E-state index in [0.717, 1.165) is 23.9 Å². The molecule has 0 bridgehead atoms. The average molecular weight is 484 g/mol. The van der Waals surface area contributed by atoms with Crippen molar-refractivity contribution >= 4 is 17.6 Å². The summed E-state index contributed by atoms with van der Waals surface area (Å²) < 4.78 is 40.3. The van der Waals surface area contributed by atoms with E-state index >= 15 is 0 Å². The van der Waals surface area contributed by atoms with Gasteiger partial charge in [0.2, 0.25) is 0 Å². The summed E-state index contributed by atoms with van der Waals surface area (Å²) in [6.07, 6.45) is -2.81. The van der Waals surface area contributed by atoms with Crippen molar-refractivity contribution in [3.63, 3.8) is 0 Å². The van der Waals surface area contributed by atoms with Crippen molar-refractivity contribution in [2.24, 2.45) is 0 Å². The molecule has 0 saturated heterocycles. The molecule has 0 amide bonds. The van der Waals surface area contributed by atoms with Crippen LogP contribution in [-0.4, -0.2) is 41.1 Å². The number of anilines is 2. The SMILES string of the molecule is Cc1cc(Nc2cc(C(F)(F)F)ccn2)nc(-c2cn(CC(O)c3ccc(C(=O)O)cc3)nn2)c1. The van der Waals surface area contributed by atoms with E-state index in [9.17, 15) is 23.1 Å². The molecule has 0 spiro atoms. The highest BCUT2D eigenvalue weighted by molar-refractivity contribution is 5.87. The second-order valence-electron chi connectivity index (χ2n) is 7.74. The number of nitrogens with one attached hydrogen (secondary N) is 1. The van der Waals surface area contributed by atoms with Crippen LogP contribution >= 0.6 is 0 Å². The molecule has 4 aromatic rings. The van der Waals surface area contributed by atoms with Crippen molar-refractivity contribution in [2.75, 3.05) is 5.32 Å². The number of alkyl halides is 3. The van der Waals surface area contributed by atoms with Gasteiger partial charge in [-0.15, -0.1) is 5.10 Å². The Hall–Kier alpha value is -4.32. The van der Waals surface area contributed by atoms with Crippen molar-refractivity contribution in [2.45, 2.75) is 25.7 Å². The van der Waals surface area contributed by atoms with Crippen LogP contribution in [0.5, 0.6) is 0 Å². The standard InChI is InChI=1S/C23H19F3N6O3/c1-13-8-17(28-21(9-13)29-20-10-16(6-7-27-20)23(24,25)26)18-11-32(31-30-18)12-19(33)14-2-4-15(5-3-14)22(34)35/h2-11,19,33H,12H2,1H3,(H,34,35)(H,27,28,29). The maximum Gasteiger partial charge on any atom is 0.416 e. The van der Waals surface area contributed by atoms with Gasteiger partial charge in [0.05, 0.1) is 35.7 Å². The van der Waals surface area contributed by atoms with Crippen LogP contribution in [0.4, 0.5) is 24.8 Å². The third-order valence-corrected chi connectivity index (χ3v) is 5.02. The third-order valence-electron chi connectivity index (χ3n) is 5.02. The van der Waals surface area contributed by atoms with Gasteiger partial charge in [-0.2, -0.15) is 13.2 Å². The van der Waals surface area contributed by atoms with Gasteiger partial charge in [-0.25, -0.2) is 19.4 Å². The summed E-state index contributed by atoms with van der Waals surface area (Å²) in [5.74, 6) is -0.792. The Morgan fingerprint density at radius 2 is 1.83 bits per heavy atom. The predicted octanol–water partition coefficient (Wildman–Crippen LogP) is 4.24. The summed E-state index contributed by atoms with van der Waals surface area (Å²) in [6.45, 7) is 1.86. The first kappa shape index (κ1) is 23.8. The molecule has 12 heteroatoms. The summed E-state index contributed by atoms with van der Waals surface area (Å²) in [4.78, 5) is 19.3. The molecule has 0 radical (unpaired) electrons. The lowest BCUT2D eigenvalue weighted by Gasteiger charge is -2.11. The molecular formula is C23H19F3N6O3. The molecule has 1 aromatic carbocycles. The first-order valence-corrected chi connectivity index (χ1v) is 10.3. The van der Waals surface area contributed by atoms with E-state index in [-0.39, 0.29) is 23.7 Å². The van der Waals surface area contributed by atoms with Gasteiger partial charge < -0.3 is 15.5 Å². The number of pyridine rings is 2. The normalized spacial score (nSPS) is 12.4. The molecule has 3 N–H and O–H groups in total. The fourth-order valence-corrected chi connectivity index (χ4v) is 3.30. The van der Waals surface area contributed by atoms with Crippen molar-refractivity contribution in [3.05, 3.63) is 83.2 Å². The topological polar surface area (TPSA) is 126 Å². The molecule has 35 heavy (non-hydrogen) atoms. The number of aromatic nitrogens is 5. The van der Waals surface area contributed by atoms with Gasteiger partial charge in [0, 0.05) is 6.20 Å². The van der Waals surface area contributed by atoms with Crippen LogP contribution < -0.4 is 5.32 Å². The minimum absolute atomic E-state index is 0.00966. The largest absolute Gasteiger partial charge is 0.478 e. The zero-order chi connectivity index (χ0) is 25.2. The number of hydrogen-bond donors (Lipinski definition) is 3. The van der Waals surface area contributed by atoms with Gasteiger partial charge in [-0.05, 0) is 54.4 Å². The van der Waals surface area contributed by atoms with Crippen molar-refractivity contribution in [1.82, 2.24) is 25.0 Å². The molecule has 3 aromatic heterocycles. The number of aliphatic hydroxyl groups excluding tert-OH is 1. The first-order valence-electron chi connectivity index (χ1n) is 10.3. The monoisotopic (exact) mass is 484 g/mol. The highest BCUT2D eigenvalue weighted by Crippen LogP contribution is 2.30. The third kappa shape index (κ3) is 5.79. The molecule has 0 saturated carbocycles. The van der Waals surface area contributed by atoms with Crippen LogP contribution in [0.1, 0.15) is 33.2 Å². The van der Waals surface area contributed by atoms with E-state index in [2.05, 4.69) is 25.6 Å². The van der Waals surface area contributed by atoms with Crippen molar-refractivity contribution in [1.29, 1.82) is 0 Å². The van der Waals surface area contributed by atoms with E-state index in [1.807, 2.05) is 0 Å². The zero-order valence-electron chi connectivity index (χ0n) is 18.2. The Bertz CT molecular complexity index is 1360. The Labute approximate surface area is 196 Å². The van der Waals surface area contributed by atoms with E-state index in [0.29, 0.717) is 17.0 Å². The molecule has 0 fully saturated rings. The molecule has 3 heterocycles. The Morgan fingerprint density at radius 1 is 1.09 bits per heavy atom. The maximum absolute atomic E-state index is 13.0. The minimum Gasteiger partial charge on any atom is -0.478 e. The number of halogens is 3. The fourth-order valence-electron chi connectivity index (χ4n) is 3.30. The van der Waals surface area contributed by atoms with Gasteiger partial charge in [-0.1, -0.05) is 17.3 Å². The van der Waals surface area contributed by atoms with Gasteiger partial charge in [0.15, 0.2) is 0 Å². The zero-order valence-corrected chi connectivity index (χ0v) is 18.2. The molecule has 4 rings (SSSR count).